The van der Waals surface area contributed by atoms with Crippen molar-refractivity contribution in [2.24, 2.45) is 0 Å². The molecule has 1 aliphatic heterocycles. The van der Waals surface area contributed by atoms with Gasteiger partial charge in [-0.25, -0.2) is 0 Å². The second-order valence-electron chi connectivity index (χ2n) is 5.86. The van der Waals surface area contributed by atoms with Gasteiger partial charge in [0.05, 0.1) is 0 Å². The van der Waals surface area contributed by atoms with Gasteiger partial charge >= 0.3 is 0 Å². The van der Waals surface area contributed by atoms with Crippen molar-refractivity contribution in [3.05, 3.63) is 71.8 Å². The average Bonchev–Trinajstić information content (AvgIpc) is 2.57. The maximum Gasteiger partial charge on any atom is 0.0240 e. The van der Waals surface area contributed by atoms with Gasteiger partial charge in [-0.2, -0.15) is 0 Å². The van der Waals surface area contributed by atoms with Crippen LogP contribution in [0.25, 0.3) is 0 Å². The Kier molecular flexibility index (Phi) is 5.03. The molecule has 21 heavy (non-hydrogen) atoms. The molecule has 0 aromatic heterocycles. The van der Waals surface area contributed by atoms with Crippen LogP contribution in [0.5, 0.6) is 0 Å². The van der Waals surface area contributed by atoms with Crippen LogP contribution < -0.4 is 5.32 Å². The Hall–Kier alpha value is -1.64. The summed E-state index contributed by atoms with van der Waals surface area (Å²) in [6.45, 7) is 4.37. The van der Waals surface area contributed by atoms with Gasteiger partial charge in [0, 0.05) is 19.1 Å². The van der Waals surface area contributed by atoms with Crippen molar-refractivity contribution in [1.29, 1.82) is 0 Å². The third kappa shape index (κ3) is 4.16. The molecule has 0 aliphatic carbocycles. The van der Waals surface area contributed by atoms with E-state index in [9.17, 15) is 0 Å². The van der Waals surface area contributed by atoms with Crippen LogP contribution in [-0.2, 0) is 13.1 Å². The van der Waals surface area contributed by atoms with Gasteiger partial charge in [-0.3, -0.25) is 4.90 Å². The van der Waals surface area contributed by atoms with Crippen molar-refractivity contribution < 1.29 is 0 Å². The van der Waals surface area contributed by atoms with E-state index in [1.54, 1.807) is 0 Å². The smallest absolute Gasteiger partial charge is 0.0240 e. The second kappa shape index (κ2) is 7.39. The first kappa shape index (κ1) is 14.3. The molecule has 1 aliphatic rings. The van der Waals surface area contributed by atoms with E-state index in [-0.39, 0.29) is 0 Å². The Morgan fingerprint density at radius 3 is 1.71 bits per heavy atom. The molecule has 1 saturated heterocycles. The summed E-state index contributed by atoms with van der Waals surface area (Å²) in [4.78, 5) is 2.64. The molecule has 2 nitrogen and oxygen atoms in total. The van der Waals surface area contributed by atoms with Gasteiger partial charge in [0.15, 0.2) is 0 Å². The molecule has 1 fully saturated rings. The lowest BCUT2D eigenvalue weighted by Gasteiger charge is -2.35. The molecule has 0 atom stereocenters. The first-order valence-corrected chi connectivity index (χ1v) is 7.94. The molecule has 0 saturated carbocycles. The molecule has 2 heteroatoms. The average molecular weight is 280 g/mol. The van der Waals surface area contributed by atoms with E-state index in [4.69, 9.17) is 0 Å². The largest absolute Gasteiger partial charge is 0.317 e. The molecular formula is C19H24N2. The highest BCUT2D eigenvalue weighted by Crippen LogP contribution is 2.18. The third-order valence-corrected chi connectivity index (χ3v) is 4.28. The van der Waals surface area contributed by atoms with Gasteiger partial charge in [0.1, 0.15) is 0 Å². The van der Waals surface area contributed by atoms with Gasteiger partial charge in [0.25, 0.3) is 0 Å². The van der Waals surface area contributed by atoms with Gasteiger partial charge in [-0.05, 0) is 37.1 Å². The van der Waals surface area contributed by atoms with E-state index >= 15 is 0 Å². The van der Waals surface area contributed by atoms with Crippen LogP contribution >= 0.6 is 0 Å². The fourth-order valence-electron chi connectivity index (χ4n) is 3.12. The van der Waals surface area contributed by atoms with Crippen LogP contribution in [0.15, 0.2) is 60.7 Å². The number of hydrogen-bond donors (Lipinski definition) is 1. The summed E-state index contributed by atoms with van der Waals surface area (Å²) in [7, 11) is 0. The highest BCUT2D eigenvalue weighted by Gasteiger charge is 2.21. The maximum absolute atomic E-state index is 3.47. The predicted molar refractivity (Wildman–Crippen MR) is 88.0 cm³/mol. The topological polar surface area (TPSA) is 15.3 Å². The van der Waals surface area contributed by atoms with Crippen LogP contribution in [-0.4, -0.2) is 24.0 Å². The van der Waals surface area contributed by atoms with Crippen molar-refractivity contribution >= 4 is 0 Å². The summed E-state index contributed by atoms with van der Waals surface area (Å²) in [6.07, 6.45) is 2.50. The number of piperidine rings is 1. The van der Waals surface area contributed by atoms with Gasteiger partial charge < -0.3 is 5.32 Å². The van der Waals surface area contributed by atoms with Crippen LogP contribution in [0.4, 0.5) is 0 Å². The summed E-state index contributed by atoms with van der Waals surface area (Å²) in [5.41, 5.74) is 2.82. The summed E-state index contributed by atoms with van der Waals surface area (Å²) >= 11 is 0. The molecular weight excluding hydrogens is 256 g/mol. The Balaban J connectivity index is 1.73. The molecule has 1 N–H and O–H groups in total. The predicted octanol–water partition coefficient (Wildman–Crippen LogP) is 3.44. The van der Waals surface area contributed by atoms with E-state index < -0.39 is 0 Å². The van der Waals surface area contributed by atoms with E-state index in [1.165, 1.54) is 24.0 Å². The monoisotopic (exact) mass is 280 g/mol. The highest BCUT2D eigenvalue weighted by atomic mass is 15.2. The van der Waals surface area contributed by atoms with Crippen molar-refractivity contribution in [2.45, 2.75) is 32.0 Å². The fourth-order valence-corrected chi connectivity index (χ4v) is 3.12. The quantitative estimate of drug-likeness (QED) is 0.902. The first-order valence-electron chi connectivity index (χ1n) is 7.94. The molecule has 0 amide bonds. The Bertz CT molecular complexity index is 476. The van der Waals surface area contributed by atoms with Gasteiger partial charge in [-0.15, -0.1) is 0 Å². The van der Waals surface area contributed by atoms with E-state index in [1.807, 2.05) is 0 Å². The first-order chi connectivity index (χ1) is 10.4. The summed E-state index contributed by atoms with van der Waals surface area (Å²) in [5, 5.41) is 3.47. The standard InChI is InChI=1S/C19H24N2/c1-3-7-17(8-4-1)15-21(19-11-13-20-14-12-19)16-18-9-5-2-6-10-18/h1-10,19-20H,11-16H2. The van der Waals surface area contributed by atoms with E-state index in [2.05, 4.69) is 70.9 Å². The summed E-state index contributed by atoms with van der Waals surface area (Å²) < 4.78 is 0. The van der Waals surface area contributed by atoms with Crippen LogP contribution in [0.1, 0.15) is 24.0 Å². The lowest BCUT2D eigenvalue weighted by Crippen LogP contribution is -2.42. The molecule has 3 rings (SSSR count). The van der Waals surface area contributed by atoms with Crippen LogP contribution in [0.3, 0.4) is 0 Å². The Morgan fingerprint density at radius 1 is 0.762 bits per heavy atom. The van der Waals surface area contributed by atoms with E-state index in [0.29, 0.717) is 6.04 Å². The molecule has 2 aromatic carbocycles. The van der Waals surface area contributed by atoms with Crippen molar-refractivity contribution in [3.8, 4) is 0 Å². The minimum absolute atomic E-state index is 0.687. The lowest BCUT2D eigenvalue weighted by molar-refractivity contribution is 0.146. The molecule has 110 valence electrons. The number of benzene rings is 2. The third-order valence-electron chi connectivity index (χ3n) is 4.28. The molecule has 2 aromatic rings. The minimum Gasteiger partial charge on any atom is -0.317 e. The minimum atomic E-state index is 0.687. The van der Waals surface area contributed by atoms with Crippen LogP contribution in [0.2, 0.25) is 0 Å². The Morgan fingerprint density at radius 2 is 1.24 bits per heavy atom. The number of nitrogens with one attached hydrogen (secondary N) is 1. The molecule has 0 unspecified atom stereocenters. The van der Waals surface area contributed by atoms with Crippen molar-refractivity contribution in [1.82, 2.24) is 10.2 Å². The maximum atomic E-state index is 3.47. The normalized spacial score (nSPS) is 16.2. The molecule has 0 bridgehead atoms. The summed E-state index contributed by atoms with van der Waals surface area (Å²) in [6, 6.07) is 22.4. The van der Waals surface area contributed by atoms with Gasteiger partial charge in [0.2, 0.25) is 0 Å². The molecule has 1 heterocycles. The zero-order valence-electron chi connectivity index (χ0n) is 12.5. The highest BCUT2D eigenvalue weighted by molar-refractivity contribution is 5.17. The van der Waals surface area contributed by atoms with Crippen molar-refractivity contribution in [3.63, 3.8) is 0 Å². The molecule has 0 radical (unpaired) electrons. The number of rotatable bonds is 5. The SMILES string of the molecule is c1ccc(CN(Cc2ccccc2)C2CCNCC2)cc1. The van der Waals surface area contributed by atoms with Crippen molar-refractivity contribution in [2.75, 3.05) is 13.1 Å². The number of nitrogens with zero attached hydrogens (tertiary/aromatic N) is 1. The number of hydrogen-bond acceptors (Lipinski definition) is 2. The zero-order valence-corrected chi connectivity index (χ0v) is 12.5. The zero-order chi connectivity index (χ0) is 14.3. The van der Waals surface area contributed by atoms with Gasteiger partial charge in [-0.1, -0.05) is 60.7 Å². The summed E-state index contributed by atoms with van der Waals surface area (Å²) in [5.74, 6) is 0. The lowest BCUT2D eigenvalue weighted by atomic mass is 10.0. The second-order valence-corrected chi connectivity index (χ2v) is 5.86. The Labute approximate surface area is 127 Å². The fraction of sp³-hybridized carbons (Fsp3) is 0.368. The molecule has 0 spiro atoms. The van der Waals surface area contributed by atoms with Crippen LogP contribution in [0, 0.1) is 0 Å². The van der Waals surface area contributed by atoms with E-state index in [0.717, 1.165) is 26.2 Å².